The zero-order valence-electron chi connectivity index (χ0n) is 10.7. The highest BCUT2D eigenvalue weighted by Gasteiger charge is 2.06. The van der Waals surface area contributed by atoms with Gasteiger partial charge in [-0.05, 0) is 18.4 Å². The van der Waals surface area contributed by atoms with Crippen molar-refractivity contribution in [2.75, 3.05) is 7.11 Å². The van der Waals surface area contributed by atoms with Crippen LogP contribution in [0.15, 0.2) is 59.6 Å². The second kappa shape index (κ2) is 6.92. The molecule has 1 atom stereocenters. The average molecular weight is 241 g/mol. The first-order chi connectivity index (χ1) is 8.88. The van der Waals surface area contributed by atoms with Crippen molar-refractivity contribution in [1.29, 1.82) is 0 Å². The van der Waals surface area contributed by atoms with Crippen LogP contribution in [0.1, 0.15) is 12.0 Å². The summed E-state index contributed by atoms with van der Waals surface area (Å²) in [6.45, 7) is 0. The molecule has 0 bridgehead atoms. The number of allylic oxidation sites excluding steroid dienone is 4. The van der Waals surface area contributed by atoms with Crippen LogP contribution in [-0.4, -0.2) is 19.6 Å². The van der Waals surface area contributed by atoms with Crippen LogP contribution in [0, 0.1) is 5.92 Å². The Hall–Kier alpha value is -1.67. The van der Waals surface area contributed by atoms with Crippen LogP contribution in [-0.2, 0) is 11.2 Å². The van der Waals surface area contributed by atoms with E-state index in [9.17, 15) is 0 Å². The van der Waals surface area contributed by atoms with Crippen LogP contribution in [0.2, 0.25) is 0 Å². The molecule has 0 fully saturated rings. The fourth-order valence-electron chi connectivity index (χ4n) is 1.93. The van der Waals surface area contributed by atoms with Gasteiger partial charge in [-0.3, -0.25) is 4.99 Å². The summed E-state index contributed by atoms with van der Waals surface area (Å²) in [7, 11) is 1.72. The highest BCUT2D eigenvalue weighted by molar-refractivity contribution is 5.67. The maximum atomic E-state index is 5.39. The minimum atomic E-state index is -0.0485. The lowest BCUT2D eigenvalue weighted by molar-refractivity contribution is 0.103. The second-order valence-electron chi connectivity index (χ2n) is 4.36. The van der Waals surface area contributed by atoms with Gasteiger partial charge in [-0.25, -0.2) is 0 Å². The van der Waals surface area contributed by atoms with E-state index in [1.807, 2.05) is 24.4 Å². The number of nitrogens with zero attached hydrogens (tertiary/aromatic N) is 1. The van der Waals surface area contributed by atoms with Crippen LogP contribution < -0.4 is 0 Å². The van der Waals surface area contributed by atoms with Crippen molar-refractivity contribution >= 4 is 6.21 Å². The minimum Gasteiger partial charge on any atom is -0.360 e. The lowest BCUT2D eigenvalue weighted by Gasteiger charge is -2.10. The molecule has 1 aliphatic carbocycles. The van der Waals surface area contributed by atoms with Gasteiger partial charge in [-0.2, -0.15) is 0 Å². The van der Waals surface area contributed by atoms with Crippen molar-refractivity contribution in [3.63, 3.8) is 0 Å². The van der Waals surface area contributed by atoms with E-state index in [2.05, 4.69) is 41.4 Å². The molecule has 1 unspecified atom stereocenters. The Morgan fingerprint density at radius 3 is 2.61 bits per heavy atom. The van der Waals surface area contributed by atoms with Gasteiger partial charge in [0.25, 0.3) is 0 Å². The molecule has 0 amide bonds. The fraction of sp³-hybridized carbons (Fsp3) is 0.312. The van der Waals surface area contributed by atoms with Crippen molar-refractivity contribution in [3.8, 4) is 0 Å². The summed E-state index contributed by atoms with van der Waals surface area (Å²) in [5, 5.41) is 0. The van der Waals surface area contributed by atoms with Crippen LogP contribution in [0.5, 0.6) is 0 Å². The molecule has 1 aromatic rings. The van der Waals surface area contributed by atoms with E-state index < -0.39 is 0 Å². The van der Waals surface area contributed by atoms with Crippen LogP contribution in [0.4, 0.5) is 0 Å². The largest absolute Gasteiger partial charge is 0.360 e. The van der Waals surface area contributed by atoms with Crippen molar-refractivity contribution < 1.29 is 4.74 Å². The maximum Gasteiger partial charge on any atom is 0.147 e. The first-order valence-electron chi connectivity index (χ1n) is 6.33. The van der Waals surface area contributed by atoms with Gasteiger partial charge in [-0.15, -0.1) is 0 Å². The van der Waals surface area contributed by atoms with Gasteiger partial charge < -0.3 is 4.74 Å². The Kier molecular flexibility index (Phi) is 4.91. The molecule has 1 aliphatic rings. The molecule has 2 rings (SSSR count). The molecule has 0 spiro atoms. The average Bonchev–Trinajstić information content (AvgIpc) is 2.93. The summed E-state index contributed by atoms with van der Waals surface area (Å²) in [5.74, 6) is 0.333. The summed E-state index contributed by atoms with van der Waals surface area (Å²) in [4.78, 5) is 4.49. The normalized spacial score (nSPS) is 16.7. The lowest BCUT2D eigenvalue weighted by atomic mass is 10.1. The number of methoxy groups -OCH3 is 1. The predicted octanol–water partition coefficient (Wildman–Crippen LogP) is 3.40. The topological polar surface area (TPSA) is 21.6 Å². The molecule has 0 aromatic heterocycles. The third-order valence-corrected chi connectivity index (χ3v) is 3.00. The quantitative estimate of drug-likeness (QED) is 0.699. The van der Waals surface area contributed by atoms with Gasteiger partial charge in [0.2, 0.25) is 0 Å². The molecule has 18 heavy (non-hydrogen) atoms. The van der Waals surface area contributed by atoms with Gasteiger partial charge in [0.15, 0.2) is 0 Å². The molecule has 0 heterocycles. The number of rotatable bonds is 6. The van der Waals surface area contributed by atoms with Gasteiger partial charge in [0.1, 0.15) is 6.23 Å². The Bertz CT molecular complexity index is 422. The Balaban J connectivity index is 1.82. The third-order valence-electron chi connectivity index (χ3n) is 3.00. The number of hydrogen-bond donors (Lipinski definition) is 0. The number of ether oxygens (including phenoxy) is 1. The van der Waals surface area contributed by atoms with Crippen molar-refractivity contribution in [3.05, 3.63) is 60.2 Å². The fourth-order valence-corrected chi connectivity index (χ4v) is 1.93. The van der Waals surface area contributed by atoms with E-state index in [-0.39, 0.29) is 6.23 Å². The summed E-state index contributed by atoms with van der Waals surface area (Å²) < 4.78 is 5.39. The number of benzene rings is 1. The SMILES string of the molecule is COC(CCc1ccccc1)N=CC1C=CC=C1. The van der Waals surface area contributed by atoms with Gasteiger partial charge in [0.05, 0.1) is 0 Å². The molecule has 0 N–H and O–H groups in total. The first-order valence-corrected chi connectivity index (χ1v) is 6.33. The van der Waals surface area contributed by atoms with E-state index in [4.69, 9.17) is 4.74 Å². The molecule has 0 radical (unpaired) electrons. The zero-order chi connectivity index (χ0) is 12.6. The minimum absolute atomic E-state index is 0.0485. The molecule has 0 saturated heterocycles. The number of aryl methyl sites for hydroxylation is 1. The van der Waals surface area contributed by atoms with E-state index in [1.54, 1.807) is 7.11 Å². The molecule has 94 valence electrons. The lowest BCUT2D eigenvalue weighted by Crippen LogP contribution is -2.10. The number of hydrogen-bond acceptors (Lipinski definition) is 2. The Labute approximate surface area is 109 Å². The van der Waals surface area contributed by atoms with E-state index in [0.29, 0.717) is 5.92 Å². The molecular weight excluding hydrogens is 222 g/mol. The van der Waals surface area contributed by atoms with Crippen molar-refractivity contribution in [2.45, 2.75) is 19.1 Å². The monoisotopic (exact) mass is 241 g/mol. The van der Waals surface area contributed by atoms with Crippen LogP contribution in [0.25, 0.3) is 0 Å². The summed E-state index contributed by atoms with van der Waals surface area (Å²) in [6.07, 6.45) is 12.1. The molecule has 0 aliphatic heterocycles. The first kappa shape index (κ1) is 12.8. The van der Waals surface area contributed by atoms with Crippen molar-refractivity contribution in [1.82, 2.24) is 0 Å². The Morgan fingerprint density at radius 2 is 1.94 bits per heavy atom. The van der Waals surface area contributed by atoms with Crippen LogP contribution in [0.3, 0.4) is 0 Å². The smallest absolute Gasteiger partial charge is 0.147 e. The predicted molar refractivity (Wildman–Crippen MR) is 75.8 cm³/mol. The molecule has 2 heteroatoms. The zero-order valence-corrected chi connectivity index (χ0v) is 10.7. The summed E-state index contributed by atoms with van der Waals surface area (Å²) in [6, 6.07) is 10.4. The van der Waals surface area contributed by atoms with E-state index in [0.717, 1.165) is 12.8 Å². The summed E-state index contributed by atoms with van der Waals surface area (Å²) >= 11 is 0. The molecular formula is C16H19NO. The maximum absolute atomic E-state index is 5.39. The highest BCUT2D eigenvalue weighted by Crippen LogP contribution is 2.10. The molecule has 0 saturated carbocycles. The van der Waals surface area contributed by atoms with Crippen molar-refractivity contribution in [2.24, 2.45) is 10.9 Å². The molecule has 1 aromatic carbocycles. The van der Waals surface area contributed by atoms with Gasteiger partial charge in [0, 0.05) is 19.2 Å². The second-order valence-corrected chi connectivity index (χ2v) is 4.36. The third kappa shape index (κ3) is 3.97. The van der Waals surface area contributed by atoms with E-state index >= 15 is 0 Å². The Morgan fingerprint density at radius 1 is 1.22 bits per heavy atom. The van der Waals surface area contributed by atoms with Gasteiger partial charge >= 0.3 is 0 Å². The highest BCUT2D eigenvalue weighted by atomic mass is 16.5. The number of aliphatic imine (C=N–C) groups is 1. The molecule has 2 nitrogen and oxygen atoms in total. The van der Waals surface area contributed by atoms with Gasteiger partial charge in [-0.1, -0.05) is 54.6 Å². The standard InChI is InChI=1S/C16H19NO/c1-18-16(17-13-15-9-5-6-10-15)12-11-14-7-3-2-4-8-14/h2-10,13,15-16H,11-12H2,1H3. The van der Waals surface area contributed by atoms with Crippen LogP contribution >= 0.6 is 0 Å². The van der Waals surface area contributed by atoms with E-state index in [1.165, 1.54) is 5.56 Å². The summed E-state index contributed by atoms with van der Waals surface area (Å²) in [5.41, 5.74) is 1.33.